The van der Waals surface area contributed by atoms with Crippen molar-refractivity contribution < 1.29 is 19.4 Å². The monoisotopic (exact) mass is 327 g/mol. The molecule has 0 saturated carbocycles. The third-order valence-corrected chi connectivity index (χ3v) is 3.91. The van der Waals surface area contributed by atoms with Crippen LogP contribution in [0.1, 0.15) is 19.4 Å². The summed E-state index contributed by atoms with van der Waals surface area (Å²) >= 11 is 0. The number of hydrogen-bond donors (Lipinski definition) is 2. The first kappa shape index (κ1) is 15.8. The van der Waals surface area contributed by atoms with Crippen molar-refractivity contribution in [1.29, 1.82) is 0 Å². The summed E-state index contributed by atoms with van der Waals surface area (Å²) in [6, 6.07) is 3.65. The first-order valence-corrected chi connectivity index (χ1v) is 7.65. The number of fused-ring (bicyclic) bond motifs is 1. The summed E-state index contributed by atoms with van der Waals surface area (Å²) in [7, 11) is 0. The van der Waals surface area contributed by atoms with Gasteiger partial charge in [0.15, 0.2) is 11.3 Å². The second-order valence-corrected chi connectivity index (χ2v) is 5.24. The van der Waals surface area contributed by atoms with Crippen molar-refractivity contribution in [3.8, 4) is 0 Å². The first-order valence-electron chi connectivity index (χ1n) is 7.65. The van der Waals surface area contributed by atoms with Crippen LogP contribution < -0.4 is 0 Å². The number of hydrogen-bond acceptors (Lipinski definition) is 5. The Labute approximate surface area is 138 Å². The van der Waals surface area contributed by atoms with Crippen LogP contribution >= 0.6 is 0 Å². The number of carboxylic acid groups (broad SMARTS) is 1. The third kappa shape index (κ3) is 2.54. The number of pyridine rings is 1. The zero-order valence-corrected chi connectivity index (χ0v) is 13.4. The highest BCUT2D eigenvalue weighted by atomic mass is 16.5. The summed E-state index contributed by atoms with van der Waals surface area (Å²) < 4.78 is 5.62. The minimum atomic E-state index is -1.29. The van der Waals surface area contributed by atoms with E-state index in [2.05, 4.69) is 9.97 Å². The van der Waals surface area contributed by atoms with Gasteiger partial charge in [0.2, 0.25) is 11.7 Å². The highest BCUT2D eigenvalue weighted by Gasteiger charge is 2.37. The Morgan fingerprint density at radius 3 is 2.83 bits per heavy atom. The van der Waals surface area contributed by atoms with Crippen LogP contribution in [0.2, 0.25) is 0 Å². The summed E-state index contributed by atoms with van der Waals surface area (Å²) in [6.07, 6.45) is 4.91. The Balaban J connectivity index is 2.03. The lowest BCUT2D eigenvalue weighted by atomic mass is 10.1. The van der Waals surface area contributed by atoms with E-state index >= 15 is 0 Å². The minimum absolute atomic E-state index is 0.000877. The fourth-order valence-electron chi connectivity index (χ4n) is 2.68. The van der Waals surface area contributed by atoms with Crippen LogP contribution in [-0.2, 0) is 14.3 Å². The Morgan fingerprint density at radius 1 is 1.42 bits per heavy atom. The molecule has 1 aliphatic heterocycles. The Kier molecular flexibility index (Phi) is 4.07. The van der Waals surface area contributed by atoms with Gasteiger partial charge in [-0.1, -0.05) is 0 Å². The fourth-order valence-corrected chi connectivity index (χ4v) is 2.68. The van der Waals surface area contributed by atoms with E-state index in [1.54, 1.807) is 29.4 Å². The van der Waals surface area contributed by atoms with Crippen molar-refractivity contribution in [2.45, 2.75) is 13.8 Å². The maximum Gasteiger partial charge on any atom is 0.345 e. The van der Waals surface area contributed by atoms with Gasteiger partial charge >= 0.3 is 5.97 Å². The molecule has 0 aromatic carbocycles. The summed E-state index contributed by atoms with van der Waals surface area (Å²) in [4.78, 5) is 32.9. The number of carboxylic acids is 1. The average molecular weight is 327 g/mol. The number of nitrogens with one attached hydrogen (secondary N) is 1. The van der Waals surface area contributed by atoms with Gasteiger partial charge in [0.25, 0.3) is 0 Å². The van der Waals surface area contributed by atoms with Gasteiger partial charge in [-0.25, -0.2) is 9.78 Å². The Morgan fingerprint density at radius 2 is 2.17 bits per heavy atom. The summed E-state index contributed by atoms with van der Waals surface area (Å²) in [5.74, 6) is -1.81. The topological polar surface area (TPSA) is 95.5 Å². The zero-order valence-electron chi connectivity index (χ0n) is 13.4. The number of ether oxygens (including phenoxy) is 1. The standard InChI is InChI=1S/C17H17N3O4/c1-3-20(4-2)16-13(17(22)23)14(21)12(24-16)8-10-9-19-15-11(10)6-5-7-18-15/h5-9H,3-4H2,1-2H3,(H,18,19)(H,22,23)/b12-8-. The van der Waals surface area contributed by atoms with E-state index in [0.717, 1.165) is 5.39 Å². The van der Waals surface area contributed by atoms with Gasteiger partial charge in [0.05, 0.1) is 0 Å². The highest BCUT2D eigenvalue weighted by molar-refractivity contribution is 6.26. The normalized spacial score (nSPS) is 16.1. The fraction of sp³-hybridized carbons (Fsp3) is 0.235. The zero-order chi connectivity index (χ0) is 17.3. The predicted molar refractivity (Wildman–Crippen MR) is 87.7 cm³/mol. The third-order valence-electron chi connectivity index (χ3n) is 3.91. The van der Waals surface area contributed by atoms with Gasteiger partial charge in [-0.2, -0.15) is 0 Å². The molecule has 2 aromatic rings. The summed E-state index contributed by atoms with van der Waals surface area (Å²) in [5.41, 5.74) is 1.07. The number of allylic oxidation sites excluding steroid dienone is 1. The van der Waals surface area contributed by atoms with Crippen LogP contribution in [0.4, 0.5) is 0 Å². The lowest BCUT2D eigenvalue weighted by molar-refractivity contribution is -0.134. The van der Waals surface area contributed by atoms with E-state index in [1.807, 2.05) is 19.9 Å². The molecular weight excluding hydrogens is 310 g/mol. The van der Waals surface area contributed by atoms with Gasteiger partial charge in [0, 0.05) is 36.4 Å². The molecule has 2 N–H and O–H groups in total. The van der Waals surface area contributed by atoms with Crippen molar-refractivity contribution in [2.75, 3.05) is 13.1 Å². The molecule has 3 heterocycles. The largest absolute Gasteiger partial charge is 0.477 e. The molecule has 1 aliphatic rings. The Hall–Kier alpha value is -3.09. The van der Waals surface area contributed by atoms with E-state index in [4.69, 9.17) is 4.74 Å². The van der Waals surface area contributed by atoms with Gasteiger partial charge in [0.1, 0.15) is 5.65 Å². The van der Waals surface area contributed by atoms with Crippen LogP contribution in [0.5, 0.6) is 0 Å². The quantitative estimate of drug-likeness (QED) is 0.645. The number of Topliss-reactive ketones (excluding diaryl/α,β-unsaturated/α-hetero) is 1. The molecular formula is C17H17N3O4. The molecule has 2 aromatic heterocycles. The second-order valence-electron chi connectivity index (χ2n) is 5.24. The maximum atomic E-state index is 12.5. The van der Waals surface area contributed by atoms with Gasteiger partial charge in [-0.05, 0) is 32.1 Å². The predicted octanol–water partition coefficient (Wildman–Crippen LogP) is 2.14. The molecule has 0 radical (unpaired) electrons. The first-order chi connectivity index (χ1) is 11.6. The van der Waals surface area contributed by atoms with Crippen LogP contribution in [0.3, 0.4) is 0 Å². The van der Waals surface area contributed by atoms with Crippen molar-refractivity contribution in [2.24, 2.45) is 0 Å². The minimum Gasteiger partial charge on any atom is -0.477 e. The molecule has 0 atom stereocenters. The van der Waals surface area contributed by atoms with Crippen molar-refractivity contribution in [1.82, 2.24) is 14.9 Å². The van der Waals surface area contributed by atoms with Gasteiger partial charge < -0.3 is 19.7 Å². The van der Waals surface area contributed by atoms with E-state index < -0.39 is 11.8 Å². The van der Waals surface area contributed by atoms with Gasteiger partial charge in [-0.3, -0.25) is 4.79 Å². The maximum absolute atomic E-state index is 12.5. The highest BCUT2D eigenvalue weighted by Crippen LogP contribution is 2.30. The number of carbonyl (C=O) groups excluding carboxylic acids is 1. The molecule has 0 aliphatic carbocycles. The molecule has 0 fully saturated rings. The number of rotatable bonds is 5. The number of aromatic amines is 1. The SMILES string of the molecule is CCN(CC)C1=C(C(=O)O)C(=O)/C(=C/c2c[nH]c3ncccc23)O1. The van der Waals surface area contributed by atoms with E-state index in [9.17, 15) is 14.7 Å². The number of aromatic nitrogens is 2. The molecule has 0 unspecified atom stereocenters. The van der Waals surface area contributed by atoms with Crippen molar-refractivity contribution in [3.63, 3.8) is 0 Å². The molecule has 7 heteroatoms. The molecule has 124 valence electrons. The number of carbonyl (C=O) groups is 2. The summed E-state index contributed by atoms with van der Waals surface area (Å²) in [5, 5.41) is 10.2. The van der Waals surface area contributed by atoms with Crippen LogP contribution in [0.25, 0.3) is 17.1 Å². The van der Waals surface area contributed by atoms with Crippen LogP contribution in [0.15, 0.2) is 41.7 Å². The average Bonchev–Trinajstić information content (AvgIpc) is 3.11. The molecule has 7 nitrogen and oxygen atoms in total. The number of ketones is 1. The molecule has 24 heavy (non-hydrogen) atoms. The number of nitrogens with zero attached hydrogens (tertiary/aromatic N) is 2. The molecule has 0 saturated heterocycles. The Bertz CT molecular complexity index is 875. The van der Waals surface area contributed by atoms with Crippen molar-refractivity contribution in [3.05, 3.63) is 47.3 Å². The van der Waals surface area contributed by atoms with E-state index in [0.29, 0.717) is 24.3 Å². The lowest BCUT2D eigenvalue weighted by Crippen LogP contribution is -2.24. The number of H-pyrrole nitrogens is 1. The van der Waals surface area contributed by atoms with E-state index in [-0.39, 0.29) is 17.2 Å². The van der Waals surface area contributed by atoms with Crippen LogP contribution in [0, 0.1) is 0 Å². The van der Waals surface area contributed by atoms with E-state index in [1.165, 1.54) is 0 Å². The molecule has 3 rings (SSSR count). The second kappa shape index (κ2) is 6.19. The molecule has 0 spiro atoms. The summed E-state index contributed by atoms with van der Waals surface area (Å²) in [6.45, 7) is 4.83. The van der Waals surface area contributed by atoms with Crippen molar-refractivity contribution >= 4 is 28.9 Å². The lowest BCUT2D eigenvalue weighted by Gasteiger charge is -2.21. The smallest absolute Gasteiger partial charge is 0.345 e. The molecule has 0 amide bonds. The van der Waals surface area contributed by atoms with Gasteiger partial charge in [-0.15, -0.1) is 0 Å². The molecule has 0 bridgehead atoms. The van der Waals surface area contributed by atoms with Crippen LogP contribution in [-0.4, -0.2) is 44.8 Å². The number of aliphatic carboxylic acids is 1.